The molecule has 0 aliphatic carbocycles. The van der Waals surface area contributed by atoms with Crippen LogP contribution in [0.3, 0.4) is 0 Å². The Kier molecular flexibility index (Phi) is 6.59. The molecule has 0 aliphatic rings. The Balaban J connectivity index is 1.81. The van der Waals surface area contributed by atoms with Gasteiger partial charge in [-0.1, -0.05) is 23.4 Å². The van der Waals surface area contributed by atoms with Gasteiger partial charge in [0.15, 0.2) is 11.6 Å². The van der Waals surface area contributed by atoms with Crippen LogP contribution >= 0.6 is 22.9 Å². The van der Waals surface area contributed by atoms with Crippen molar-refractivity contribution in [3.05, 3.63) is 78.7 Å². The van der Waals surface area contributed by atoms with Crippen molar-refractivity contribution in [2.24, 2.45) is 0 Å². The van der Waals surface area contributed by atoms with E-state index in [1.165, 1.54) is 12.3 Å². The van der Waals surface area contributed by atoms with Crippen molar-refractivity contribution >= 4 is 34.5 Å². The van der Waals surface area contributed by atoms with Crippen LogP contribution in [0.5, 0.6) is 0 Å². The van der Waals surface area contributed by atoms with E-state index in [1.807, 2.05) is 0 Å². The third kappa shape index (κ3) is 5.28. The molecule has 0 saturated carbocycles. The highest BCUT2D eigenvalue weighted by atomic mass is 35.5. The minimum atomic E-state index is -2.83. The number of alkyl halides is 2. The van der Waals surface area contributed by atoms with E-state index in [0.717, 1.165) is 23.6 Å². The minimum absolute atomic E-state index is 0.0992. The van der Waals surface area contributed by atoms with Crippen molar-refractivity contribution < 1.29 is 18.0 Å². The van der Waals surface area contributed by atoms with Crippen molar-refractivity contribution in [3.63, 3.8) is 0 Å². The Morgan fingerprint density at radius 1 is 1.30 bits per heavy atom. The minimum Gasteiger partial charge on any atom is -0.384 e. The van der Waals surface area contributed by atoms with Gasteiger partial charge < -0.3 is 10.3 Å². The normalized spacial score (nSPS) is 10.7. The summed E-state index contributed by atoms with van der Waals surface area (Å²) in [6.45, 7) is -0.956. The molecule has 10 heteroatoms. The molecule has 0 spiro atoms. The van der Waals surface area contributed by atoms with E-state index in [0.29, 0.717) is 25.8 Å². The topological polar surface area (TPSA) is 78.0 Å². The molecular weight excluding hydrogens is 439 g/mol. The fourth-order valence-electron chi connectivity index (χ4n) is 2.57. The largest absolute Gasteiger partial charge is 0.384 e. The Bertz CT molecular complexity index is 1230. The molecule has 0 saturated heterocycles. The van der Waals surface area contributed by atoms with E-state index in [9.17, 15) is 22.8 Å². The second kappa shape index (κ2) is 9.15. The van der Waals surface area contributed by atoms with Crippen LogP contribution in [0.1, 0.15) is 26.4 Å². The third-order valence-electron chi connectivity index (χ3n) is 3.88. The first-order valence-corrected chi connectivity index (χ1v) is 9.65. The molecule has 0 radical (unpaired) electrons. The molecule has 0 bridgehead atoms. The predicted octanol–water partition coefficient (Wildman–Crippen LogP) is 3.77. The number of pyridine rings is 2. The molecular formula is C20H13ClF3N3O2S. The van der Waals surface area contributed by atoms with Crippen molar-refractivity contribution in [2.75, 3.05) is 5.73 Å². The maximum absolute atomic E-state index is 13.8. The highest BCUT2D eigenvalue weighted by Gasteiger charge is 2.16. The summed E-state index contributed by atoms with van der Waals surface area (Å²) in [4.78, 5) is 28.3. The van der Waals surface area contributed by atoms with Gasteiger partial charge in [-0.3, -0.25) is 9.59 Å². The van der Waals surface area contributed by atoms with Crippen LogP contribution in [-0.4, -0.2) is 21.8 Å². The van der Waals surface area contributed by atoms with Gasteiger partial charge in [0.2, 0.25) is 0 Å². The molecule has 0 fully saturated rings. The van der Waals surface area contributed by atoms with E-state index >= 15 is 0 Å². The van der Waals surface area contributed by atoms with Gasteiger partial charge in [0, 0.05) is 24.4 Å². The van der Waals surface area contributed by atoms with Crippen LogP contribution in [0.2, 0.25) is 4.34 Å². The van der Waals surface area contributed by atoms with Gasteiger partial charge in [0.05, 0.1) is 17.0 Å². The summed E-state index contributed by atoms with van der Waals surface area (Å²) in [6, 6.07) is 5.62. The van der Waals surface area contributed by atoms with Crippen molar-refractivity contribution in [2.45, 2.75) is 19.4 Å². The second-order valence-electron chi connectivity index (χ2n) is 6.16. The summed E-state index contributed by atoms with van der Waals surface area (Å²) in [5, 5.41) is 0. The first-order chi connectivity index (χ1) is 14.2. The molecule has 5 nitrogen and oxygen atoms in total. The summed E-state index contributed by atoms with van der Waals surface area (Å²) >= 11 is 7.15. The molecule has 3 aromatic heterocycles. The zero-order valence-corrected chi connectivity index (χ0v) is 16.7. The summed E-state index contributed by atoms with van der Waals surface area (Å²) in [6.07, 6.45) is -0.554. The van der Waals surface area contributed by atoms with Crippen LogP contribution in [-0.2, 0) is 13.0 Å². The maximum atomic E-state index is 13.8. The molecule has 2 N–H and O–H groups in total. The number of aromatic nitrogens is 2. The van der Waals surface area contributed by atoms with Crippen LogP contribution in [0, 0.1) is 17.7 Å². The fourth-order valence-corrected chi connectivity index (χ4v) is 3.70. The molecule has 0 aromatic carbocycles. The third-order valence-corrected chi connectivity index (χ3v) is 5.28. The molecule has 3 rings (SSSR count). The van der Waals surface area contributed by atoms with Gasteiger partial charge in [-0.15, -0.1) is 11.3 Å². The number of Topliss-reactive ketones (excluding diaryl/α,β-unsaturated/α-hetero) is 1. The summed E-state index contributed by atoms with van der Waals surface area (Å²) < 4.78 is 39.8. The summed E-state index contributed by atoms with van der Waals surface area (Å²) in [5.74, 6) is 4.41. The van der Waals surface area contributed by atoms with Crippen molar-refractivity contribution in [1.82, 2.24) is 9.55 Å². The SMILES string of the molecule is Nc1cc(C#Cc2cc(C(=O)Cc3cc(F)c(=O)n(CC(F)F)c3)sc2Cl)ccn1. The first kappa shape index (κ1) is 21.6. The van der Waals surface area contributed by atoms with Crippen LogP contribution in [0.4, 0.5) is 19.0 Å². The van der Waals surface area contributed by atoms with E-state index < -0.39 is 30.1 Å². The summed E-state index contributed by atoms with van der Waals surface area (Å²) in [5.41, 5.74) is 5.57. The van der Waals surface area contributed by atoms with E-state index in [-0.39, 0.29) is 16.9 Å². The molecule has 0 atom stereocenters. The Hall–Kier alpha value is -3.09. The van der Waals surface area contributed by atoms with Crippen LogP contribution in [0.15, 0.2) is 41.5 Å². The van der Waals surface area contributed by atoms with Crippen molar-refractivity contribution in [3.8, 4) is 11.8 Å². The van der Waals surface area contributed by atoms with E-state index in [2.05, 4.69) is 16.8 Å². The molecule has 0 unspecified atom stereocenters. The van der Waals surface area contributed by atoms with Crippen LogP contribution < -0.4 is 11.3 Å². The number of carbonyl (C=O) groups is 1. The molecule has 30 heavy (non-hydrogen) atoms. The lowest BCUT2D eigenvalue weighted by Gasteiger charge is -2.08. The van der Waals surface area contributed by atoms with Gasteiger partial charge in [0.1, 0.15) is 10.2 Å². The number of nitrogens with zero attached hydrogens (tertiary/aromatic N) is 2. The van der Waals surface area contributed by atoms with Crippen LogP contribution in [0.25, 0.3) is 0 Å². The number of thiophene rings is 1. The van der Waals surface area contributed by atoms with Gasteiger partial charge in [-0.05, 0) is 29.8 Å². The number of hydrogen-bond donors (Lipinski definition) is 1. The Morgan fingerprint density at radius 2 is 2.07 bits per heavy atom. The van der Waals surface area contributed by atoms with E-state index in [1.54, 1.807) is 12.1 Å². The average Bonchev–Trinajstić information content (AvgIpc) is 3.04. The number of ketones is 1. The summed E-state index contributed by atoms with van der Waals surface area (Å²) in [7, 11) is 0. The lowest BCUT2D eigenvalue weighted by Crippen LogP contribution is -2.26. The van der Waals surface area contributed by atoms with Gasteiger partial charge >= 0.3 is 0 Å². The molecule has 0 aliphatic heterocycles. The monoisotopic (exact) mass is 451 g/mol. The molecule has 154 valence electrons. The number of rotatable bonds is 5. The quantitative estimate of drug-likeness (QED) is 0.473. The number of halogens is 4. The number of nitrogen functional groups attached to an aromatic ring is 1. The van der Waals surface area contributed by atoms with Gasteiger partial charge in [0.25, 0.3) is 12.0 Å². The number of carbonyl (C=O) groups excluding carboxylic acids is 1. The zero-order valence-electron chi connectivity index (χ0n) is 15.2. The van der Waals surface area contributed by atoms with E-state index in [4.69, 9.17) is 17.3 Å². The fraction of sp³-hybridized carbons (Fsp3) is 0.150. The van der Waals surface area contributed by atoms with Gasteiger partial charge in [-0.2, -0.15) is 0 Å². The Labute approximate surface area is 177 Å². The lowest BCUT2D eigenvalue weighted by atomic mass is 10.1. The number of nitrogens with two attached hydrogens (primary N) is 1. The molecule has 3 heterocycles. The zero-order chi connectivity index (χ0) is 21.8. The highest BCUT2D eigenvalue weighted by Crippen LogP contribution is 2.28. The number of hydrogen-bond acceptors (Lipinski definition) is 5. The highest BCUT2D eigenvalue weighted by molar-refractivity contribution is 7.18. The number of anilines is 1. The smallest absolute Gasteiger partial charge is 0.286 e. The Morgan fingerprint density at radius 3 is 2.77 bits per heavy atom. The maximum Gasteiger partial charge on any atom is 0.286 e. The lowest BCUT2D eigenvalue weighted by molar-refractivity contribution is 0.0996. The average molecular weight is 452 g/mol. The first-order valence-electron chi connectivity index (χ1n) is 8.46. The predicted molar refractivity (Wildman–Crippen MR) is 109 cm³/mol. The molecule has 3 aromatic rings. The standard InChI is InChI=1S/C20H13ClF3N3O2S/c21-19-13(2-1-11-3-4-26-18(25)7-11)8-16(30-19)15(28)6-12-5-14(22)20(29)27(9-12)10-17(23)24/h3-5,7-9,17H,6,10H2,(H2,25,26). The van der Waals surface area contributed by atoms with Gasteiger partial charge in [-0.25, -0.2) is 18.2 Å². The molecule has 0 amide bonds. The second-order valence-corrected chi connectivity index (χ2v) is 7.82. The van der Waals surface area contributed by atoms with Crippen molar-refractivity contribution in [1.29, 1.82) is 0 Å².